The van der Waals surface area contributed by atoms with E-state index in [1.54, 1.807) is 12.1 Å². The van der Waals surface area contributed by atoms with Crippen LogP contribution in [0.3, 0.4) is 0 Å². The first-order valence-corrected chi connectivity index (χ1v) is 8.50. The third-order valence-corrected chi connectivity index (χ3v) is 4.32. The normalized spacial score (nSPS) is 11.9. The summed E-state index contributed by atoms with van der Waals surface area (Å²) in [6.07, 6.45) is 2.13. The van der Waals surface area contributed by atoms with Crippen LogP contribution in [0.5, 0.6) is 0 Å². The molecule has 0 saturated carbocycles. The monoisotopic (exact) mass is 351 g/mol. The van der Waals surface area contributed by atoms with Crippen LogP contribution < -0.4 is 0 Å². The lowest BCUT2D eigenvalue weighted by Gasteiger charge is -2.11. The summed E-state index contributed by atoms with van der Waals surface area (Å²) in [5, 5.41) is 1.10. The van der Waals surface area contributed by atoms with Crippen LogP contribution in [0, 0.1) is 6.92 Å². The average Bonchev–Trinajstić information content (AvgIpc) is 3.06. The van der Waals surface area contributed by atoms with Crippen LogP contribution in [0.1, 0.15) is 40.7 Å². The molecular weight excluding hydrogens is 330 g/mol. The molecule has 1 atom stereocenters. The zero-order chi connectivity index (χ0) is 18.5. The molecule has 5 heteroatoms. The fraction of sp³-hybridized carbons (Fsp3) is 0.238. The predicted octanol–water partition coefficient (Wildman–Crippen LogP) is 4.33. The fourth-order valence-corrected chi connectivity index (χ4v) is 2.84. The van der Waals surface area contributed by atoms with Gasteiger partial charge in [-0.1, -0.05) is 42.8 Å². The lowest BCUT2D eigenvalue weighted by molar-refractivity contribution is -0.152. The zero-order valence-electron chi connectivity index (χ0n) is 14.8. The van der Waals surface area contributed by atoms with Crippen LogP contribution in [0.15, 0.2) is 54.7 Å². The highest BCUT2D eigenvalue weighted by molar-refractivity contribution is 5.89. The van der Waals surface area contributed by atoms with Crippen LogP contribution in [0.25, 0.3) is 10.9 Å². The molecule has 3 rings (SSSR count). The van der Waals surface area contributed by atoms with E-state index in [4.69, 9.17) is 9.47 Å². The zero-order valence-corrected chi connectivity index (χ0v) is 14.8. The van der Waals surface area contributed by atoms with Gasteiger partial charge >= 0.3 is 11.9 Å². The third kappa shape index (κ3) is 4.11. The number of rotatable bonds is 6. The molecule has 134 valence electrons. The minimum atomic E-state index is -0.512. The van der Waals surface area contributed by atoms with E-state index in [9.17, 15) is 9.59 Å². The number of hydrogen-bond acceptors (Lipinski definition) is 4. The van der Waals surface area contributed by atoms with Crippen molar-refractivity contribution in [3.63, 3.8) is 0 Å². The highest BCUT2D eigenvalue weighted by Crippen LogP contribution is 2.27. The predicted molar refractivity (Wildman–Crippen MR) is 98.9 cm³/mol. The average molecular weight is 351 g/mol. The van der Waals surface area contributed by atoms with E-state index in [0.717, 1.165) is 22.0 Å². The first-order valence-electron chi connectivity index (χ1n) is 8.50. The van der Waals surface area contributed by atoms with E-state index in [-0.39, 0.29) is 19.1 Å². The Balaban J connectivity index is 1.49. The molecule has 2 aromatic carbocycles. The number of fused-ring (bicyclic) bond motifs is 1. The van der Waals surface area contributed by atoms with Crippen molar-refractivity contribution in [1.82, 2.24) is 4.98 Å². The Labute approximate surface area is 151 Å². The second-order valence-corrected chi connectivity index (χ2v) is 6.33. The first-order chi connectivity index (χ1) is 12.5. The standard InChI is InChI=1S/C21H21NO4/c1-14-7-9-16(10-8-14)21(24)26-13-25-20(23)11-15(2)18-12-22-19-6-4-3-5-17(18)19/h3-10,12,15,22H,11,13H2,1-2H3. The molecule has 0 aliphatic rings. The molecule has 0 aliphatic heterocycles. The van der Waals surface area contributed by atoms with E-state index < -0.39 is 11.9 Å². The van der Waals surface area contributed by atoms with Crippen molar-refractivity contribution in [3.8, 4) is 0 Å². The van der Waals surface area contributed by atoms with Gasteiger partial charge in [0.25, 0.3) is 0 Å². The SMILES string of the molecule is Cc1ccc(C(=O)OCOC(=O)CC(C)c2c[nH]c3ccccc23)cc1. The molecule has 1 heterocycles. The van der Waals surface area contributed by atoms with Gasteiger partial charge in [0.2, 0.25) is 6.79 Å². The maximum absolute atomic E-state index is 12.0. The number of nitrogens with one attached hydrogen (secondary N) is 1. The smallest absolute Gasteiger partial charge is 0.340 e. The van der Waals surface area contributed by atoms with Crippen LogP contribution in [0.4, 0.5) is 0 Å². The molecule has 1 N–H and O–H groups in total. The quantitative estimate of drug-likeness (QED) is 0.530. The topological polar surface area (TPSA) is 68.4 Å². The maximum atomic E-state index is 12.0. The molecule has 0 fully saturated rings. The lowest BCUT2D eigenvalue weighted by atomic mass is 9.97. The number of carbonyl (C=O) groups excluding carboxylic acids is 2. The molecule has 1 unspecified atom stereocenters. The van der Waals surface area contributed by atoms with E-state index >= 15 is 0 Å². The number of para-hydroxylation sites is 1. The Morgan fingerprint density at radius 1 is 1.04 bits per heavy atom. The van der Waals surface area contributed by atoms with E-state index in [1.807, 2.05) is 56.4 Å². The second kappa shape index (κ2) is 7.87. The van der Waals surface area contributed by atoms with Gasteiger partial charge in [0.15, 0.2) is 0 Å². The molecule has 0 radical (unpaired) electrons. The van der Waals surface area contributed by atoms with Gasteiger partial charge in [0.1, 0.15) is 0 Å². The number of hydrogen-bond donors (Lipinski definition) is 1. The molecule has 0 saturated heterocycles. The van der Waals surface area contributed by atoms with Gasteiger partial charge in [0, 0.05) is 17.1 Å². The van der Waals surface area contributed by atoms with Crippen molar-refractivity contribution in [3.05, 3.63) is 71.4 Å². The van der Waals surface area contributed by atoms with E-state index in [2.05, 4.69) is 4.98 Å². The summed E-state index contributed by atoms with van der Waals surface area (Å²) >= 11 is 0. The Morgan fingerprint density at radius 3 is 2.54 bits per heavy atom. The highest BCUT2D eigenvalue weighted by atomic mass is 16.7. The molecule has 0 amide bonds. The Kier molecular flexibility index (Phi) is 5.37. The van der Waals surface area contributed by atoms with Crippen molar-refractivity contribution in [2.45, 2.75) is 26.2 Å². The van der Waals surface area contributed by atoms with Crippen LogP contribution in [0.2, 0.25) is 0 Å². The van der Waals surface area contributed by atoms with E-state index in [0.29, 0.717) is 5.56 Å². The minimum absolute atomic E-state index is 0.00792. The molecular formula is C21H21NO4. The van der Waals surface area contributed by atoms with Crippen molar-refractivity contribution in [2.75, 3.05) is 6.79 Å². The summed E-state index contributed by atoms with van der Waals surface area (Å²) < 4.78 is 10.0. The van der Waals surface area contributed by atoms with Gasteiger partial charge in [-0.15, -0.1) is 0 Å². The Bertz CT molecular complexity index is 911. The van der Waals surface area contributed by atoms with Gasteiger partial charge in [-0.3, -0.25) is 4.79 Å². The Hall–Kier alpha value is -3.08. The molecule has 5 nitrogen and oxygen atoms in total. The number of carbonyl (C=O) groups is 2. The number of ether oxygens (including phenoxy) is 2. The van der Waals surface area contributed by atoms with Crippen LogP contribution in [-0.4, -0.2) is 23.7 Å². The molecule has 0 bridgehead atoms. The Morgan fingerprint density at radius 2 is 1.77 bits per heavy atom. The van der Waals surface area contributed by atoms with Crippen molar-refractivity contribution >= 4 is 22.8 Å². The van der Waals surface area contributed by atoms with Crippen molar-refractivity contribution in [2.24, 2.45) is 0 Å². The number of esters is 2. The first kappa shape index (κ1) is 17.7. The van der Waals surface area contributed by atoms with Gasteiger partial charge in [-0.2, -0.15) is 0 Å². The fourth-order valence-electron chi connectivity index (χ4n) is 2.84. The summed E-state index contributed by atoms with van der Waals surface area (Å²) in [6, 6.07) is 15.0. The lowest BCUT2D eigenvalue weighted by Crippen LogP contribution is -2.14. The largest absolute Gasteiger partial charge is 0.428 e. The molecule has 0 aliphatic carbocycles. The van der Waals surface area contributed by atoms with Gasteiger partial charge in [-0.25, -0.2) is 4.79 Å². The summed E-state index contributed by atoms with van der Waals surface area (Å²) in [5.41, 5.74) is 3.59. The number of aryl methyl sites for hydroxylation is 1. The minimum Gasteiger partial charge on any atom is -0.428 e. The van der Waals surface area contributed by atoms with Gasteiger partial charge < -0.3 is 14.5 Å². The van der Waals surface area contributed by atoms with Gasteiger partial charge in [0.05, 0.1) is 12.0 Å². The second-order valence-electron chi connectivity index (χ2n) is 6.33. The number of aromatic amines is 1. The third-order valence-electron chi connectivity index (χ3n) is 4.32. The molecule has 1 aromatic heterocycles. The highest BCUT2D eigenvalue weighted by Gasteiger charge is 2.16. The van der Waals surface area contributed by atoms with E-state index in [1.165, 1.54) is 0 Å². The van der Waals surface area contributed by atoms with Crippen molar-refractivity contribution < 1.29 is 19.1 Å². The summed E-state index contributed by atoms with van der Waals surface area (Å²) in [6.45, 7) is 3.52. The van der Waals surface area contributed by atoms with Crippen molar-refractivity contribution in [1.29, 1.82) is 0 Å². The number of aromatic nitrogens is 1. The van der Waals surface area contributed by atoms with Crippen LogP contribution in [-0.2, 0) is 14.3 Å². The van der Waals surface area contributed by atoms with Gasteiger partial charge in [-0.05, 0) is 36.6 Å². The maximum Gasteiger partial charge on any atom is 0.340 e. The number of H-pyrrole nitrogens is 1. The molecule has 3 aromatic rings. The summed E-state index contributed by atoms with van der Waals surface area (Å²) in [7, 11) is 0. The van der Waals surface area contributed by atoms with Crippen LogP contribution >= 0.6 is 0 Å². The molecule has 26 heavy (non-hydrogen) atoms. The summed E-state index contributed by atoms with van der Waals surface area (Å²) in [5.74, 6) is -0.923. The summed E-state index contributed by atoms with van der Waals surface area (Å²) in [4.78, 5) is 27.1. The molecule has 0 spiro atoms. The number of benzene rings is 2.